The number of hydrogen-bond acceptors (Lipinski definition) is 7. The molecular formula is C19H22N4O2S. The van der Waals surface area contributed by atoms with Crippen molar-refractivity contribution in [1.82, 2.24) is 15.2 Å². The molecule has 0 N–H and O–H groups in total. The second-order valence-electron chi connectivity index (χ2n) is 7.27. The van der Waals surface area contributed by atoms with E-state index in [0.717, 1.165) is 54.1 Å². The molecule has 1 aliphatic heterocycles. The molecule has 0 atom stereocenters. The predicted octanol–water partition coefficient (Wildman–Crippen LogP) is 4.26. The van der Waals surface area contributed by atoms with Crippen LogP contribution in [0.25, 0.3) is 10.2 Å². The van der Waals surface area contributed by atoms with Gasteiger partial charge in [0.2, 0.25) is 11.8 Å². The zero-order chi connectivity index (χ0) is 17.7. The number of ether oxygens (including phenoxy) is 1. The quantitative estimate of drug-likeness (QED) is 0.684. The van der Waals surface area contributed by atoms with Crippen molar-refractivity contribution in [3.05, 3.63) is 29.5 Å². The fraction of sp³-hybridized carbons (Fsp3) is 0.526. The third-order valence-electron chi connectivity index (χ3n) is 5.41. The molecule has 1 aromatic carbocycles. The summed E-state index contributed by atoms with van der Waals surface area (Å²) in [5.74, 6) is 3.42. The van der Waals surface area contributed by atoms with E-state index in [1.54, 1.807) is 18.4 Å². The van der Waals surface area contributed by atoms with Gasteiger partial charge in [0, 0.05) is 24.9 Å². The second-order valence-corrected chi connectivity index (χ2v) is 8.25. The highest BCUT2D eigenvalue weighted by molar-refractivity contribution is 7.22. The Morgan fingerprint density at radius 1 is 1.08 bits per heavy atom. The Kier molecular flexibility index (Phi) is 3.85. The lowest BCUT2D eigenvalue weighted by Crippen LogP contribution is -2.32. The molecule has 1 saturated heterocycles. The lowest BCUT2D eigenvalue weighted by atomic mass is 9.97. The molecule has 1 saturated carbocycles. The SMILES string of the molecule is COc1ccc(C)c2sc(N3CCC(c4nnc(C5CC5)o4)CC3)nc12. The molecule has 2 aromatic heterocycles. The number of rotatable bonds is 4. The van der Waals surface area contributed by atoms with Crippen LogP contribution in [0.4, 0.5) is 5.13 Å². The number of piperidine rings is 1. The van der Waals surface area contributed by atoms with E-state index < -0.39 is 0 Å². The minimum absolute atomic E-state index is 0.372. The van der Waals surface area contributed by atoms with Gasteiger partial charge >= 0.3 is 0 Å². The summed E-state index contributed by atoms with van der Waals surface area (Å²) < 4.78 is 12.6. The van der Waals surface area contributed by atoms with Crippen molar-refractivity contribution in [1.29, 1.82) is 0 Å². The topological polar surface area (TPSA) is 64.3 Å². The maximum absolute atomic E-state index is 5.91. The zero-order valence-electron chi connectivity index (χ0n) is 15.1. The standard InChI is InChI=1S/C19H22N4O2S/c1-11-3-6-14(24-2)15-16(11)26-19(20-15)23-9-7-13(8-10-23)18-22-21-17(25-18)12-4-5-12/h3,6,12-13H,4-5,7-10H2,1-2H3. The Morgan fingerprint density at radius 3 is 2.42 bits per heavy atom. The summed E-state index contributed by atoms with van der Waals surface area (Å²) in [5.41, 5.74) is 2.22. The van der Waals surface area contributed by atoms with Crippen LogP contribution in [0.5, 0.6) is 5.75 Å². The van der Waals surface area contributed by atoms with Crippen LogP contribution >= 0.6 is 11.3 Å². The first-order valence-corrected chi connectivity index (χ1v) is 10.1. The fourth-order valence-corrected chi connectivity index (χ4v) is 4.73. The average molecular weight is 370 g/mol. The van der Waals surface area contributed by atoms with Gasteiger partial charge in [-0.3, -0.25) is 0 Å². The Morgan fingerprint density at radius 2 is 1.77 bits per heavy atom. The van der Waals surface area contributed by atoms with Crippen molar-refractivity contribution in [3.8, 4) is 5.75 Å². The summed E-state index contributed by atoms with van der Waals surface area (Å²) in [6.07, 6.45) is 4.44. The predicted molar refractivity (Wildman–Crippen MR) is 101 cm³/mol. The van der Waals surface area contributed by atoms with Crippen molar-refractivity contribution in [2.45, 2.75) is 44.4 Å². The van der Waals surface area contributed by atoms with E-state index in [1.165, 1.54) is 23.1 Å². The van der Waals surface area contributed by atoms with E-state index in [9.17, 15) is 0 Å². The highest BCUT2D eigenvalue weighted by Crippen LogP contribution is 2.41. The van der Waals surface area contributed by atoms with Crippen molar-refractivity contribution in [2.75, 3.05) is 25.1 Å². The van der Waals surface area contributed by atoms with Crippen LogP contribution in [0.1, 0.15) is 54.9 Å². The minimum Gasteiger partial charge on any atom is -0.494 e. The van der Waals surface area contributed by atoms with Crippen molar-refractivity contribution < 1.29 is 9.15 Å². The van der Waals surface area contributed by atoms with Crippen LogP contribution in [0.3, 0.4) is 0 Å². The van der Waals surface area contributed by atoms with Gasteiger partial charge in [-0.15, -0.1) is 10.2 Å². The number of hydrogen-bond donors (Lipinski definition) is 0. The molecule has 6 nitrogen and oxygen atoms in total. The minimum atomic E-state index is 0.372. The third-order valence-corrected chi connectivity index (χ3v) is 6.66. The van der Waals surface area contributed by atoms with Crippen LogP contribution in [-0.2, 0) is 0 Å². The molecule has 0 amide bonds. The number of fused-ring (bicyclic) bond motifs is 1. The molecule has 2 aliphatic rings. The molecule has 2 fully saturated rings. The van der Waals surface area contributed by atoms with Gasteiger partial charge < -0.3 is 14.1 Å². The number of aromatic nitrogens is 3. The van der Waals surface area contributed by atoms with Gasteiger partial charge in [-0.2, -0.15) is 0 Å². The summed E-state index contributed by atoms with van der Waals surface area (Å²) in [4.78, 5) is 7.24. The van der Waals surface area contributed by atoms with Gasteiger partial charge in [-0.1, -0.05) is 17.4 Å². The van der Waals surface area contributed by atoms with Gasteiger partial charge in [-0.05, 0) is 44.2 Å². The molecule has 7 heteroatoms. The van der Waals surface area contributed by atoms with Crippen molar-refractivity contribution >= 4 is 26.7 Å². The van der Waals surface area contributed by atoms with E-state index in [-0.39, 0.29) is 0 Å². The summed E-state index contributed by atoms with van der Waals surface area (Å²) in [5, 5.41) is 9.62. The average Bonchev–Trinajstić information content (AvgIpc) is 3.22. The van der Waals surface area contributed by atoms with Gasteiger partial charge in [0.15, 0.2) is 5.13 Å². The molecule has 136 valence electrons. The lowest BCUT2D eigenvalue weighted by molar-refractivity contribution is 0.376. The normalized spacial score (nSPS) is 18.6. The Labute approximate surface area is 156 Å². The molecule has 0 bridgehead atoms. The first-order chi connectivity index (χ1) is 12.7. The van der Waals surface area contributed by atoms with Crippen molar-refractivity contribution in [3.63, 3.8) is 0 Å². The largest absolute Gasteiger partial charge is 0.494 e. The summed E-state index contributed by atoms with van der Waals surface area (Å²) in [6, 6.07) is 4.10. The fourth-order valence-electron chi connectivity index (χ4n) is 3.62. The van der Waals surface area contributed by atoms with Gasteiger partial charge in [0.25, 0.3) is 0 Å². The van der Waals surface area contributed by atoms with E-state index in [4.69, 9.17) is 14.1 Å². The Hall–Kier alpha value is -2.15. The van der Waals surface area contributed by atoms with Gasteiger partial charge in [0.05, 0.1) is 11.8 Å². The third kappa shape index (κ3) is 2.74. The number of methoxy groups -OCH3 is 1. The maximum atomic E-state index is 5.91. The summed E-state index contributed by atoms with van der Waals surface area (Å²) in [7, 11) is 1.70. The van der Waals surface area contributed by atoms with Crippen LogP contribution in [0, 0.1) is 6.92 Å². The van der Waals surface area contributed by atoms with E-state index in [0.29, 0.717) is 11.8 Å². The Balaban J connectivity index is 1.33. The molecule has 0 unspecified atom stereocenters. The number of anilines is 1. The highest BCUT2D eigenvalue weighted by atomic mass is 32.1. The van der Waals surface area contributed by atoms with Crippen LogP contribution in [0.2, 0.25) is 0 Å². The molecule has 3 heterocycles. The first-order valence-electron chi connectivity index (χ1n) is 9.25. The molecule has 5 rings (SSSR count). The zero-order valence-corrected chi connectivity index (χ0v) is 15.9. The van der Waals surface area contributed by atoms with E-state index in [2.05, 4.69) is 28.1 Å². The van der Waals surface area contributed by atoms with E-state index in [1.807, 2.05) is 6.07 Å². The molecular weight excluding hydrogens is 348 g/mol. The number of nitrogens with zero attached hydrogens (tertiary/aromatic N) is 4. The van der Waals surface area contributed by atoms with Crippen LogP contribution < -0.4 is 9.64 Å². The number of aryl methyl sites for hydroxylation is 1. The second kappa shape index (κ2) is 6.23. The van der Waals surface area contributed by atoms with Gasteiger partial charge in [-0.25, -0.2) is 4.98 Å². The molecule has 26 heavy (non-hydrogen) atoms. The smallest absolute Gasteiger partial charge is 0.219 e. The van der Waals surface area contributed by atoms with Gasteiger partial charge in [0.1, 0.15) is 11.3 Å². The maximum Gasteiger partial charge on any atom is 0.219 e. The molecule has 0 radical (unpaired) electrons. The number of benzene rings is 1. The highest BCUT2D eigenvalue weighted by Gasteiger charge is 2.32. The molecule has 3 aromatic rings. The molecule has 1 aliphatic carbocycles. The monoisotopic (exact) mass is 370 g/mol. The molecule has 0 spiro atoms. The van der Waals surface area contributed by atoms with Crippen LogP contribution in [-0.4, -0.2) is 35.4 Å². The summed E-state index contributed by atoms with van der Waals surface area (Å²) >= 11 is 1.76. The van der Waals surface area contributed by atoms with Crippen molar-refractivity contribution in [2.24, 2.45) is 0 Å². The lowest BCUT2D eigenvalue weighted by Gasteiger charge is -2.30. The van der Waals surface area contributed by atoms with Crippen LogP contribution in [0.15, 0.2) is 16.5 Å². The number of thiazole rings is 1. The Bertz CT molecular complexity index is 938. The van der Waals surface area contributed by atoms with E-state index >= 15 is 0 Å². The first kappa shape index (κ1) is 16.1. The summed E-state index contributed by atoms with van der Waals surface area (Å²) in [6.45, 7) is 4.06.